The number of rotatable bonds is 4. The van der Waals surface area contributed by atoms with Gasteiger partial charge in [-0.1, -0.05) is 43.3 Å². The third kappa shape index (κ3) is 2.67. The van der Waals surface area contributed by atoms with E-state index < -0.39 is 5.41 Å². The van der Waals surface area contributed by atoms with Crippen LogP contribution >= 0.6 is 0 Å². The quantitative estimate of drug-likeness (QED) is 0.793. The lowest BCUT2D eigenvalue weighted by atomic mass is 9.58. The fourth-order valence-electron chi connectivity index (χ4n) is 4.20. The molecule has 0 spiro atoms. The van der Waals surface area contributed by atoms with Crippen molar-refractivity contribution in [3.8, 4) is 0 Å². The standard InChI is InChI=1S/C20H22N2O3/c1-14-16-9-10-22(11-12-25-3)19(24)20(16,13-17(21-2)18(14)23)15-7-5-4-6-8-15/h4-8,13-14,16H,9-12H2,1,3H3/t14-,16-,20+/m0/s1. The molecule has 0 N–H and O–H groups in total. The van der Waals surface area contributed by atoms with Crippen molar-refractivity contribution in [1.29, 1.82) is 0 Å². The van der Waals surface area contributed by atoms with Crippen LogP contribution < -0.4 is 0 Å². The number of Topliss-reactive ketones (excluding diaryl/α,β-unsaturated/α-hetero) is 1. The maximum atomic E-state index is 13.5. The molecule has 0 aromatic heterocycles. The van der Waals surface area contributed by atoms with Crippen LogP contribution in [0.1, 0.15) is 18.9 Å². The SMILES string of the molecule is [C-]#[N+]C1=C[C@]2(c3ccccc3)C(=O)N(CCOC)CC[C@H]2[C@H](C)C1=O. The molecule has 1 aromatic rings. The summed E-state index contributed by atoms with van der Waals surface area (Å²) in [6, 6.07) is 9.54. The van der Waals surface area contributed by atoms with E-state index in [1.54, 1.807) is 18.1 Å². The fraction of sp³-hybridized carbons (Fsp3) is 0.450. The Bertz CT molecular complexity index is 750. The van der Waals surface area contributed by atoms with E-state index in [1.165, 1.54) is 0 Å². The topological polar surface area (TPSA) is 51.0 Å². The first-order valence-electron chi connectivity index (χ1n) is 8.54. The van der Waals surface area contributed by atoms with E-state index in [-0.39, 0.29) is 29.2 Å². The monoisotopic (exact) mass is 338 g/mol. The highest BCUT2D eigenvalue weighted by atomic mass is 16.5. The Morgan fingerprint density at radius 3 is 2.68 bits per heavy atom. The molecule has 3 atom stereocenters. The maximum Gasteiger partial charge on any atom is 0.236 e. The molecule has 0 radical (unpaired) electrons. The fourth-order valence-corrected chi connectivity index (χ4v) is 4.20. The Balaban J connectivity index is 2.18. The lowest BCUT2D eigenvalue weighted by Gasteiger charge is -2.50. The molecule has 25 heavy (non-hydrogen) atoms. The summed E-state index contributed by atoms with van der Waals surface area (Å²) in [5, 5.41) is 0. The van der Waals surface area contributed by atoms with Crippen molar-refractivity contribution in [3.05, 3.63) is 59.1 Å². The Morgan fingerprint density at radius 2 is 2.04 bits per heavy atom. The summed E-state index contributed by atoms with van der Waals surface area (Å²) in [6.07, 6.45) is 2.36. The average molecular weight is 338 g/mol. The van der Waals surface area contributed by atoms with Crippen LogP contribution in [-0.2, 0) is 19.7 Å². The summed E-state index contributed by atoms with van der Waals surface area (Å²) in [4.78, 5) is 31.3. The molecule has 0 bridgehead atoms. The number of nitrogens with zero attached hydrogens (tertiary/aromatic N) is 2. The molecule has 0 unspecified atom stereocenters. The normalized spacial score (nSPS) is 29.0. The number of methoxy groups -OCH3 is 1. The van der Waals surface area contributed by atoms with Crippen LogP contribution in [0, 0.1) is 18.4 Å². The molecule has 5 nitrogen and oxygen atoms in total. The van der Waals surface area contributed by atoms with Crippen molar-refractivity contribution in [2.45, 2.75) is 18.8 Å². The van der Waals surface area contributed by atoms with Gasteiger partial charge in [0, 0.05) is 26.1 Å². The number of piperidine rings is 1. The Kier molecular flexibility index (Phi) is 4.73. The summed E-state index contributed by atoms with van der Waals surface area (Å²) in [6.45, 7) is 10.8. The van der Waals surface area contributed by atoms with Gasteiger partial charge >= 0.3 is 0 Å². The highest BCUT2D eigenvalue weighted by Crippen LogP contribution is 2.49. The molecule has 3 rings (SSSR count). The van der Waals surface area contributed by atoms with E-state index in [1.807, 2.05) is 37.3 Å². The number of carbonyl (C=O) groups excluding carboxylic acids is 2. The van der Waals surface area contributed by atoms with E-state index in [4.69, 9.17) is 11.3 Å². The minimum Gasteiger partial charge on any atom is -0.383 e. The number of hydrogen-bond acceptors (Lipinski definition) is 3. The smallest absolute Gasteiger partial charge is 0.236 e. The number of ether oxygens (including phenoxy) is 1. The zero-order valence-corrected chi connectivity index (χ0v) is 14.6. The maximum absolute atomic E-state index is 13.5. The largest absolute Gasteiger partial charge is 0.383 e. The summed E-state index contributed by atoms with van der Waals surface area (Å²) >= 11 is 0. The summed E-state index contributed by atoms with van der Waals surface area (Å²) in [5.74, 6) is -0.653. The molecule has 1 aliphatic heterocycles. The van der Waals surface area contributed by atoms with Crippen LogP contribution in [0.25, 0.3) is 4.85 Å². The molecule has 5 heteroatoms. The molecule has 1 aliphatic carbocycles. The summed E-state index contributed by atoms with van der Waals surface area (Å²) in [5.41, 5.74) is -0.0114. The number of likely N-dealkylation sites (tertiary alicyclic amines) is 1. The van der Waals surface area contributed by atoms with E-state index in [0.29, 0.717) is 19.7 Å². The second-order valence-electron chi connectivity index (χ2n) is 6.71. The third-order valence-corrected chi connectivity index (χ3v) is 5.51. The van der Waals surface area contributed by atoms with Gasteiger partial charge in [-0.15, -0.1) is 0 Å². The van der Waals surface area contributed by atoms with Crippen molar-refractivity contribution in [3.63, 3.8) is 0 Å². The predicted molar refractivity (Wildman–Crippen MR) is 93.5 cm³/mol. The van der Waals surface area contributed by atoms with E-state index in [9.17, 15) is 9.59 Å². The van der Waals surface area contributed by atoms with Gasteiger partial charge in [-0.2, -0.15) is 0 Å². The van der Waals surface area contributed by atoms with Gasteiger partial charge < -0.3 is 14.4 Å². The highest BCUT2D eigenvalue weighted by Gasteiger charge is 2.56. The Morgan fingerprint density at radius 1 is 1.32 bits per heavy atom. The van der Waals surface area contributed by atoms with Crippen LogP contribution in [0.3, 0.4) is 0 Å². The van der Waals surface area contributed by atoms with Gasteiger partial charge in [0.1, 0.15) is 0 Å². The van der Waals surface area contributed by atoms with Gasteiger partial charge in [-0.05, 0) is 17.9 Å². The molecule has 1 saturated heterocycles. The van der Waals surface area contributed by atoms with Gasteiger partial charge in [0.05, 0.1) is 18.6 Å². The minimum absolute atomic E-state index is 0.0347. The minimum atomic E-state index is -0.944. The number of benzene rings is 1. The predicted octanol–water partition coefficient (Wildman–Crippen LogP) is 2.44. The van der Waals surface area contributed by atoms with Crippen LogP contribution in [0.15, 0.2) is 42.1 Å². The third-order valence-electron chi connectivity index (χ3n) is 5.51. The first kappa shape index (κ1) is 17.4. The van der Waals surface area contributed by atoms with Gasteiger partial charge in [-0.25, -0.2) is 4.85 Å². The zero-order chi connectivity index (χ0) is 18.0. The summed E-state index contributed by atoms with van der Waals surface area (Å²) in [7, 11) is 1.61. The number of amides is 1. The second-order valence-corrected chi connectivity index (χ2v) is 6.71. The highest BCUT2D eigenvalue weighted by molar-refractivity contribution is 6.04. The molecule has 130 valence electrons. The van der Waals surface area contributed by atoms with E-state index in [2.05, 4.69) is 4.85 Å². The van der Waals surface area contributed by atoms with Crippen LogP contribution in [0.5, 0.6) is 0 Å². The van der Waals surface area contributed by atoms with Gasteiger partial charge in [0.15, 0.2) is 5.78 Å². The number of allylic oxidation sites excluding steroid dienone is 1. The van der Waals surface area contributed by atoms with Crippen LogP contribution in [0.2, 0.25) is 0 Å². The van der Waals surface area contributed by atoms with Gasteiger partial charge in [0.2, 0.25) is 11.6 Å². The Labute approximate surface area is 148 Å². The van der Waals surface area contributed by atoms with Crippen molar-refractivity contribution in [1.82, 2.24) is 4.90 Å². The molecular weight excluding hydrogens is 316 g/mol. The first-order chi connectivity index (χ1) is 12.1. The Hall–Kier alpha value is -2.45. The molecular formula is C20H22N2O3. The number of ketones is 1. The van der Waals surface area contributed by atoms with Crippen LogP contribution in [0.4, 0.5) is 0 Å². The first-order valence-corrected chi connectivity index (χ1v) is 8.54. The van der Waals surface area contributed by atoms with Crippen molar-refractivity contribution >= 4 is 11.7 Å². The van der Waals surface area contributed by atoms with Crippen molar-refractivity contribution < 1.29 is 14.3 Å². The lowest BCUT2D eigenvalue weighted by Crippen LogP contribution is -2.60. The number of carbonyl (C=O) groups is 2. The summed E-state index contributed by atoms with van der Waals surface area (Å²) < 4.78 is 5.14. The average Bonchev–Trinajstić information content (AvgIpc) is 2.65. The molecule has 0 saturated carbocycles. The van der Waals surface area contributed by atoms with Crippen molar-refractivity contribution in [2.24, 2.45) is 11.8 Å². The van der Waals surface area contributed by atoms with E-state index >= 15 is 0 Å². The van der Waals surface area contributed by atoms with Crippen molar-refractivity contribution in [2.75, 3.05) is 26.8 Å². The van der Waals surface area contributed by atoms with Gasteiger partial charge in [0.25, 0.3) is 0 Å². The zero-order valence-electron chi connectivity index (χ0n) is 14.6. The lowest BCUT2D eigenvalue weighted by molar-refractivity contribution is -0.145. The molecule has 1 amide bonds. The van der Waals surface area contributed by atoms with E-state index in [0.717, 1.165) is 12.0 Å². The molecule has 1 aromatic carbocycles. The second kappa shape index (κ2) is 6.81. The van der Waals surface area contributed by atoms with Crippen LogP contribution in [-0.4, -0.2) is 43.4 Å². The number of hydrogen-bond donors (Lipinski definition) is 0. The molecule has 2 aliphatic rings. The molecule has 1 fully saturated rings. The van der Waals surface area contributed by atoms with Gasteiger partial charge in [-0.3, -0.25) is 4.79 Å². The molecule has 1 heterocycles. The number of fused-ring (bicyclic) bond motifs is 1.